The van der Waals surface area contributed by atoms with Crippen LogP contribution in [0.3, 0.4) is 0 Å². The molecule has 0 spiro atoms. The second-order valence-electron chi connectivity index (χ2n) is 5.32. The van der Waals surface area contributed by atoms with Crippen molar-refractivity contribution in [3.05, 3.63) is 0 Å². The van der Waals surface area contributed by atoms with Crippen molar-refractivity contribution in [2.75, 3.05) is 6.54 Å². The molecule has 114 valence electrons. The van der Waals surface area contributed by atoms with Crippen LogP contribution in [0.15, 0.2) is 0 Å². The van der Waals surface area contributed by atoms with Gasteiger partial charge in [0.25, 0.3) is 0 Å². The summed E-state index contributed by atoms with van der Waals surface area (Å²) in [7, 11) is 0. The van der Waals surface area contributed by atoms with Gasteiger partial charge < -0.3 is 15.7 Å². The Bertz CT molecular complexity index is 357. The fourth-order valence-electron chi connectivity index (χ4n) is 2.40. The minimum absolute atomic E-state index is 0.0218. The summed E-state index contributed by atoms with van der Waals surface area (Å²) in [6, 6.07) is -0.0301. The molecule has 0 aliphatic heterocycles. The molecule has 1 aliphatic rings. The van der Waals surface area contributed by atoms with Crippen molar-refractivity contribution in [3.8, 4) is 0 Å². The lowest BCUT2D eigenvalue weighted by atomic mass is 10.1. The molecule has 3 N–H and O–H groups in total. The van der Waals surface area contributed by atoms with Crippen LogP contribution in [0.4, 0.5) is 0 Å². The Morgan fingerprint density at radius 1 is 1.15 bits per heavy atom. The Morgan fingerprint density at radius 2 is 1.85 bits per heavy atom. The van der Waals surface area contributed by atoms with E-state index in [4.69, 9.17) is 5.11 Å². The summed E-state index contributed by atoms with van der Waals surface area (Å²) in [4.78, 5) is 33.8. The van der Waals surface area contributed by atoms with Gasteiger partial charge in [-0.15, -0.1) is 0 Å². The average molecular weight is 284 g/mol. The third-order valence-electron chi connectivity index (χ3n) is 3.53. The lowest BCUT2D eigenvalue weighted by molar-refractivity contribution is -0.141. The second-order valence-corrected chi connectivity index (χ2v) is 5.32. The summed E-state index contributed by atoms with van der Waals surface area (Å²) in [6.07, 6.45) is 3.95. The Labute approximate surface area is 119 Å². The van der Waals surface area contributed by atoms with Crippen LogP contribution in [-0.2, 0) is 14.4 Å². The third-order valence-corrected chi connectivity index (χ3v) is 3.53. The number of carboxylic acids is 1. The normalized spacial score (nSPS) is 21.4. The molecule has 2 amide bonds. The Morgan fingerprint density at radius 3 is 2.45 bits per heavy atom. The molecule has 2 atom stereocenters. The summed E-state index contributed by atoms with van der Waals surface area (Å²) >= 11 is 0. The van der Waals surface area contributed by atoms with E-state index in [-0.39, 0.29) is 23.8 Å². The molecule has 0 aromatic heterocycles. The van der Waals surface area contributed by atoms with Gasteiger partial charge in [-0.25, -0.2) is 0 Å². The highest BCUT2D eigenvalue weighted by molar-refractivity contribution is 5.79. The van der Waals surface area contributed by atoms with Crippen LogP contribution in [0.1, 0.15) is 51.9 Å². The van der Waals surface area contributed by atoms with Crippen molar-refractivity contribution in [1.82, 2.24) is 10.6 Å². The highest BCUT2D eigenvalue weighted by atomic mass is 16.4. The minimum atomic E-state index is -0.783. The Balaban J connectivity index is 2.12. The molecule has 6 nitrogen and oxygen atoms in total. The highest BCUT2D eigenvalue weighted by Crippen LogP contribution is 2.25. The predicted octanol–water partition coefficient (Wildman–Crippen LogP) is 1.05. The molecule has 0 aromatic rings. The topological polar surface area (TPSA) is 95.5 Å². The molecule has 1 aliphatic carbocycles. The number of carbonyl (C=O) groups is 3. The van der Waals surface area contributed by atoms with Gasteiger partial charge in [0.1, 0.15) is 0 Å². The van der Waals surface area contributed by atoms with Crippen molar-refractivity contribution in [3.63, 3.8) is 0 Å². The molecule has 0 aromatic carbocycles. The van der Waals surface area contributed by atoms with Crippen molar-refractivity contribution < 1.29 is 19.5 Å². The zero-order valence-corrected chi connectivity index (χ0v) is 12.0. The standard InChI is InChI=1S/C14H24N2O4/c1-2-8-15-12(17)4-3-5-13(18)16-11-7-6-10(9-11)14(19)20/h10-11H,2-9H2,1H3,(H,15,17)(H,16,18)(H,19,20)/t10-,11+/m0/s1. The lowest BCUT2D eigenvalue weighted by Gasteiger charge is -2.12. The van der Waals surface area contributed by atoms with E-state index < -0.39 is 5.97 Å². The van der Waals surface area contributed by atoms with Crippen LogP contribution in [0, 0.1) is 5.92 Å². The van der Waals surface area contributed by atoms with Crippen molar-refractivity contribution >= 4 is 17.8 Å². The molecule has 0 saturated heterocycles. The van der Waals surface area contributed by atoms with Crippen LogP contribution >= 0.6 is 0 Å². The number of hydrogen-bond acceptors (Lipinski definition) is 3. The first-order valence-corrected chi connectivity index (χ1v) is 7.31. The smallest absolute Gasteiger partial charge is 0.306 e. The van der Waals surface area contributed by atoms with Gasteiger partial charge >= 0.3 is 5.97 Å². The SMILES string of the molecule is CCCNC(=O)CCCC(=O)N[C@@H]1CC[C@H](C(=O)O)C1. The summed E-state index contributed by atoms with van der Waals surface area (Å²) < 4.78 is 0. The molecule has 0 bridgehead atoms. The van der Waals surface area contributed by atoms with Crippen LogP contribution in [0.25, 0.3) is 0 Å². The van der Waals surface area contributed by atoms with Gasteiger partial charge in [0.2, 0.25) is 11.8 Å². The maximum Gasteiger partial charge on any atom is 0.306 e. The quantitative estimate of drug-likeness (QED) is 0.621. The predicted molar refractivity (Wildman–Crippen MR) is 74.1 cm³/mol. The number of aliphatic carboxylic acids is 1. The zero-order chi connectivity index (χ0) is 15.0. The number of nitrogens with one attached hydrogen (secondary N) is 2. The minimum Gasteiger partial charge on any atom is -0.481 e. The first-order chi connectivity index (χ1) is 9.52. The number of amides is 2. The van der Waals surface area contributed by atoms with Gasteiger partial charge in [-0.2, -0.15) is 0 Å². The number of carboxylic acid groups (broad SMARTS) is 1. The third kappa shape index (κ3) is 6.04. The van der Waals surface area contributed by atoms with Gasteiger partial charge in [-0.05, 0) is 32.1 Å². The van der Waals surface area contributed by atoms with Crippen molar-refractivity contribution in [1.29, 1.82) is 0 Å². The molecular weight excluding hydrogens is 260 g/mol. The van der Waals surface area contributed by atoms with E-state index in [1.807, 2.05) is 6.92 Å². The molecule has 0 radical (unpaired) electrons. The summed E-state index contributed by atoms with van der Waals surface area (Å²) in [5, 5.41) is 14.5. The van der Waals surface area contributed by atoms with E-state index in [1.54, 1.807) is 0 Å². The Hall–Kier alpha value is -1.59. The van der Waals surface area contributed by atoms with E-state index >= 15 is 0 Å². The first-order valence-electron chi connectivity index (χ1n) is 7.31. The van der Waals surface area contributed by atoms with Gasteiger partial charge in [-0.1, -0.05) is 6.92 Å². The largest absolute Gasteiger partial charge is 0.481 e. The van der Waals surface area contributed by atoms with E-state index in [1.165, 1.54) is 0 Å². The van der Waals surface area contributed by atoms with Crippen molar-refractivity contribution in [2.45, 2.75) is 57.9 Å². The lowest BCUT2D eigenvalue weighted by Crippen LogP contribution is -2.33. The maximum absolute atomic E-state index is 11.7. The maximum atomic E-state index is 11.7. The van der Waals surface area contributed by atoms with E-state index in [2.05, 4.69) is 10.6 Å². The molecule has 1 fully saturated rings. The van der Waals surface area contributed by atoms with Gasteiger partial charge in [0.15, 0.2) is 0 Å². The van der Waals surface area contributed by atoms with Crippen LogP contribution in [-0.4, -0.2) is 35.5 Å². The first kappa shape index (κ1) is 16.5. The van der Waals surface area contributed by atoms with Crippen LogP contribution in [0.5, 0.6) is 0 Å². The van der Waals surface area contributed by atoms with Gasteiger partial charge in [0.05, 0.1) is 5.92 Å². The molecule has 0 heterocycles. The van der Waals surface area contributed by atoms with E-state index in [0.717, 1.165) is 12.8 Å². The van der Waals surface area contributed by atoms with E-state index in [9.17, 15) is 14.4 Å². The summed E-state index contributed by atoms with van der Waals surface area (Å²) in [5.41, 5.74) is 0. The van der Waals surface area contributed by atoms with Gasteiger partial charge in [-0.3, -0.25) is 14.4 Å². The van der Waals surface area contributed by atoms with E-state index in [0.29, 0.717) is 38.6 Å². The second kappa shape index (κ2) is 8.55. The molecule has 6 heteroatoms. The highest BCUT2D eigenvalue weighted by Gasteiger charge is 2.30. The summed E-state index contributed by atoms with van der Waals surface area (Å²) in [5.74, 6) is -1.23. The van der Waals surface area contributed by atoms with Crippen LogP contribution < -0.4 is 10.6 Å². The average Bonchev–Trinajstić information content (AvgIpc) is 2.85. The molecular formula is C14H24N2O4. The number of hydrogen-bond donors (Lipinski definition) is 3. The number of rotatable bonds is 8. The summed E-state index contributed by atoms with van der Waals surface area (Å²) in [6.45, 7) is 2.66. The number of carbonyl (C=O) groups excluding carboxylic acids is 2. The Kier molecular flexibility index (Phi) is 7.04. The molecule has 1 saturated carbocycles. The van der Waals surface area contributed by atoms with Gasteiger partial charge in [0, 0.05) is 25.4 Å². The fraction of sp³-hybridized carbons (Fsp3) is 0.786. The van der Waals surface area contributed by atoms with Crippen LogP contribution in [0.2, 0.25) is 0 Å². The van der Waals surface area contributed by atoms with Crippen molar-refractivity contribution in [2.24, 2.45) is 5.92 Å². The monoisotopic (exact) mass is 284 g/mol. The molecule has 0 unspecified atom stereocenters. The fourth-order valence-corrected chi connectivity index (χ4v) is 2.40. The molecule has 20 heavy (non-hydrogen) atoms. The molecule has 1 rings (SSSR count). The zero-order valence-electron chi connectivity index (χ0n) is 12.0.